The smallest absolute Gasteiger partial charge is 0.266 e. The lowest BCUT2D eigenvalue weighted by molar-refractivity contribution is 0.0923. The van der Waals surface area contributed by atoms with E-state index in [9.17, 15) is 14.4 Å². The molecule has 8 heteroatoms. The predicted octanol–water partition coefficient (Wildman–Crippen LogP) is 5.39. The molecular formula is C25H20ClN3O3S. The molecule has 0 radical (unpaired) electrons. The van der Waals surface area contributed by atoms with E-state index in [0.29, 0.717) is 34.0 Å². The average Bonchev–Trinajstić information content (AvgIpc) is 3.05. The van der Waals surface area contributed by atoms with Crippen LogP contribution in [0.25, 0.3) is 0 Å². The molecule has 2 N–H and O–H groups in total. The molecule has 0 aromatic heterocycles. The second-order valence-electron chi connectivity index (χ2n) is 7.84. The van der Waals surface area contributed by atoms with Crippen LogP contribution in [0, 0.1) is 0 Å². The first-order valence-electron chi connectivity index (χ1n) is 10.3. The van der Waals surface area contributed by atoms with Gasteiger partial charge in [0.1, 0.15) is 0 Å². The first kappa shape index (κ1) is 22.6. The van der Waals surface area contributed by atoms with Gasteiger partial charge < -0.3 is 5.32 Å². The number of carbonyl (C=O) groups is 3. The van der Waals surface area contributed by atoms with E-state index in [4.69, 9.17) is 23.8 Å². The number of rotatable bonds is 4. The number of halogens is 1. The van der Waals surface area contributed by atoms with E-state index < -0.39 is 11.8 Å². The Morgan fingerprint density at radius 3 is 2.09 bits per heavy atom. The van der Waals surface area contributed by atoms with Crippen molar-refractivity contribution in [1.82, 2.24) is 5.32 Å². The summed E-state index contributed by atoms with van der Waals surface area (Å²) >= 11 is 11.6. The molecule has 4 rings (SSSR count). The summed E-state index contributed by atoms with van der Waals surface area (Å²) in [5.74, 6) is -0.783. The fourth-order valence-electron chi connectivity index (χ4n) is 3.52. The van der Waals surface area contributed by atoms with Crippen molar-refractivity contribution >= 4 is 58.0 Å². The predicted molar refractivity (Wildman–Crippen MR) is 133 cm³/mol. The number of carbonyl (C=O) groups excluding carboxylic acids is 3. The molecule has 0 spiro atoms. The first-order chi connectivity index (χ1) is 15.8. The third-order valence-electron chi connectivity index (χ3n) is 5.32. The summed E-state index contributed by atoms with van der Waals surface area (Å²) < 4.78 is 0. The van der Waals surface area contributed by atoms with Crippen molar-refractivity contribution in [3.63, 3.8) is 0 Å². The van der Waals surface area contributed by atoms with Crippen LogP contribution in [0.15, 0.2) is 66.7 Å². The minimum absolute atomic E-state index is 0.0725. The molecule has 3 amide bonds. The van der Waals surface area contributed by atoms with E-state index in [1.54, 1.807) is 48.5 Å². The summed E-state index contributed by atoms with van der Waals surface area (Å²) in [5.41, 5.74) is 3.10. The van der Waals surface area contributed by atoms with Gasteiger partial charge in [-0.25, -0.2) is 4.90 Å². The van der Waals surface area contributed by atoms with Gasteiger partial charge in [0.2, 0.25) is 0 Å². The molecular weight excluding hydrogens is 458 g/mol. The van der Waals surface area contributed by atoms with Gasteiger partial charge in [0.05, 0.1) is 27.5 Å². The van der Waals surface area contributed by atoms with E-state index in [1.807, 2.05) is 12.1 Å². The standard InChI is InChI=1S/C25H20ClN3O3S/c1-14(2)15-7-9-16(10-8-15)22(30)28-25(33)27-21-12-11-17(13-20(21)26)29-23(31)18-5-3-4-6-19(18)24(29)32/h3-14H,1-2H3,(H2,27,28,30,33). The maximum Gasteiger partial charge on any atom is 0.266 e. The Balaban J connectivity index is 1.44. The summed E-state index contributed by atoms with van der Waals surface area (Å²) in [6.45, 7) is 4.16. The number of hydrogen-bond donors (Lipinski definition) is 2. The highest BCUT2D eigenvalue weighted by Gasteiger charge is 2.36. The zero-order valence-electron chi connectivity index (χ0n) is 17.9. The minimum Gasteiger partial charge on any atom is -0.331 e. The fraction of sp³-hybridized carbons (Fsp3) is 0.120. The number of amides is 3. The van der Waals surface area contributed by atoms with Gasteiger partial charge in [0.25, 0.3) is 17.7 Å². The monoisotopic (exact) mass is 477 g/mol. The van der Waals surface area contributed by atoms with Gasteiger partial charge in [-0.15, -0.1) is 0 Å². The minimum atomic E-state index is -0.404. The van der Waals surface area contributed by atoms with Crippen LogP contribution in [0.5, 0.6) is 0 Å². The number of nitrogens with zero attached hydrogens (tertiary/aromatic N) is 1. The molecule has 0 unspecified atom stereocenters. The summed E-state index contributed by atoms with van der Waals surface area (Å²) in [5, 5.41) is 5.81. The van der Waals surface area contributed by atoms with Crippen LogP contribution in [0.3, 0.4) is 0 Å². The lowest BCUT2D eigenvalue weighted by Gasteiger charge is -2.16. The van der Waals surface area contributed by atoms with Gasteiger partial charge in [-0.2, -0.15) is 0 Å². The SMILES string of the molecule is CC(C)c1ccc(C(=O)NC(=S)Nc2ccc(N3C(=O)c4ccccc4C3=O)cc2Cl)cc1. The lowest BCUT2D eigenvalue weighted by Crippen LogP contribution is -2.34. The molecule has 0 aliphatic carbocycles. The maximum atomic E-state index is 12.7. The van der Waals surface area contributed by atoms with Gasteiger partial charge in [-0.05, 0) is 66.2 Å². The van der Waals surface area contributed by atoms with E-state index in [2.05, 4.69) is 24.5 Å². The van der Waals surface area contributed by atoms with Crippen molar-refractivity contribution < 1.29 is 14.4 Å². The Morgan fingerprint density at radius 1 is 0.939 bits per heavy atom. The van der Waals surface area contributed by atoms with Gasteiger partial charge in [-0.3, -0.25) is 19.7 Å². The third kappa shape index (κ3) is 4.51. The fourth-order valence-corrected chi connectivity index (χ4v) is 3.94. The Bertz CT molecular complexity index is 1250. The molecule has 0 bridgehead atoms. The van der Waals surface area contributed by atoms with Crippen LogP contribution in [0.2, 0.25) is 5.02 Å². The number of anilines is 2. The van der Waals surface area contributed by atoms with Crippen molar-refractivity contribution in [2.24, 2.45) is 0 Å². The highest BCUT2D eigenvalue weighted by molar-refractivity contribution is 7.80. The van der Waals surface area contributed by atoms with Crippen LogP contribution >= 0.6 is 23.8 Å². The molecule has 0 saturated carbocycles. The Kier molecular flexibility index (Phi) is 6.26. The largest absolute Gasteiger partial charge is 0.331 e. The van der Waals surface area contributed by atoms with Crippen LogP contribution in [0.4, 0.5) is 11.4 Å². The first-order valence-corrected chi connectivity index (χ1v) is 11.0. The maximum absolute atomic E-state index is 12.7. The van der Waals surface area contributed by atoms with Crippen LogP contribution in [-0.2, 0) is 0 Å². The molecule has 1 aliphatic heterocycles. The Labute approximate surface area is 201 Å². The molecule has 3 aromatic carbocycles. The average molecular weight is 478 g/mol. The molecule has 1 heterocycles. The lowest BCUT2D eigenvalue weighted by atomic mass is 10.0. The van der Waals surface area contributed by atoms with Crippen molar-refractivity contribution in [2.45, 2.75) is 19.8 Å². The van der Waals surface area contributed by atoms with Crippen molar-refractivity contribution in [3.05, 3.63) is 94.0 Å². The number of fused-ring (bicyclic) bond motifs is 1. The Hall–Kier alpha value is -3.55. The molecule has 0 fully saturated rings. The highest BCUT2D eigenvalue weighted by atomic mass is 35.5. The molecule has 1 aliphatic rings. The quantitative estimate of drug-likeness (QED) is 0.389. The topological polar surface area (TPSA) is 78.5 Å². The van der Waals surface area contributed by atoms with Crippen LogP contribution in [0.1, 0.15) is 56.4 Å². The summed E-state index contributed by atoms with van der Waals surface area (Å²) in [6.07, 6.45) is 0. The molecule has 33 heavy (non-hydrogen) atoms. The number of nitrogens with one attached hydrogen (secondary N) is 2. The van der Waals surface area contributed by atoms with Gasteiger partial charge >= 0.3 is 0 Å². The Morgan fingerprint density at radius 2 is 1.55 bits per heavy atom. The van der Waals surface area contributed by atoms with Crippen molar-refractivity contribution in [1.29, 1.82) is 0 Å². The molecule has 0 saturated heterocycles. The van der Waals surface area contributed by atoms with Crippen molar-refractivity contribution in [2.75, 3.05) is 10.2 Å². The molecule has 6 nitrogen and oxygen atoms in total. The normalized spacial score (nSPS) is 12.7. The van der Waals surface area contributed by atoms with E-state index in [0.717, 1.165) is 10.5 Å². The van der Waals surface area contributed by atoms with Crippen molar-refractivity contribution in [3.8, 4) is 0 Å². The second-order valence-corrected chi connectivity index (χ2v) is 8.66. The number of hydrogen-bond acceptors (Lipinski definition) is 4. The van der Waals surface area contributed by atoms with E-state index in [-0.39, 0.29) is 16.0 Å². The summed E-state index contributed by atoms with van der Waals surface area (Å²) in [7, 11) is 0. The molecule has 0 atom stereocenters. The van der Waals surface area contributed by atoms with Crippen LogP contribution in [-0.4, -0.2) is 22.8 Å². The van der Waals surface area contributed by atoms with Gasteiger partial charge in [0.15, 0.2) is 5.11 Å². The second kappa shape index (κ2) is 9.13. The number of benzene rings is 3. The van der Waals surface area contributed by atoms with E-state index >= 15 is 0 Å². The number of thiocarbonyl (C=S) groups is 1. The summed E-state index contributed by atoms with van der Waals surface area (Å²) in [4.78, 5) is 38.9. The van der Waals surface area contributed by atoms with E-state index in [1.165, 1.54) is 6.07 Å². The number of imide groups is 1. The molecule has 3 aromatic rings. The van der Waals surface area contributed by atoms with Crippen LogP contribution < -0.4 is 15.5 Å². The third-order valence-corrected chi connectivity index (χ3v) is 5.84. The summed E-state index contributed by atoms with van der Waals surface area (Å²) in [6, 6.07) is 18.6. The zero-order valence-corrected chi connectivity index (χ0v) is 19.5. The van der Waals surface area contributed by atoms with Gasteiger partial charge in [-0.1, -0.05) is 49.7 Å². The zero-order chi connectivity index (χ0) is 23.7. The highest BCUT2D eigenvalue weighted by Crippen LogP contribution is 2.32. The molecule has 166 valence electrons. The van der Waals surface area contributed by atoms with Gasteiger partial charge in [0, 0.05) is 5.56 Å².